The van der Waals surface area contributed by atoms with Crippen molar-refractivity contribution < 1.29 is 0 Å². The Morgan fingerprint density at radius 2 is 2.07 bits per heavy atom. The maximum atomic E-state index is 12.5. The number of nitrogens with zero attached hydrogens (tertiary/aromatic N) is 5. The largest absolute Gasteiger partial charge is 0.354 e. The normalized spacial score (nSPS) is 16.0. The minimum atomic E-state index is -0.363. The monoisotopic (exact) mass is 374 g/mol. The Bertz CT molecular complexity index is 1130. The van der Waals surface area contributed by atoms with Gasteiger partial charge in [0.1, 0.15) is 5.52 Å². The van der Waals surface area contributed by atoms with Crippen molar-refractivity contribution in [1.29, 1.82) is 10.5 Å². The molecule has 140 valence electrons. The van der Waals surface area contributed by atoms with E-state index in [1.165, 1.54) is 4.57 Å². The van der Waals surface area contributed by atoms with Crippen LogP contribution < -0.4 is 16.3 Å². The van der Waals surface area contributed by atoms with Crippen molar-refractivity contribution in [2.75, 3.05) is 25.0 Å². The van der Waals surface area contributed by atoms with Gasteiger partial charge in [-0.2, -0.15) is 15.5 Å². The number of imidazole rings is 1. The first kappa shape index (κ1) is 17.7. The van der Waals surface area contributed by atoms with Crippen LogP contribution >= 0.6 is 0 Å². The zero-order valence-electron chi connectivity index (χ0n) is 15.1. The highest BCUT2D eigenvalue weighted by Gasteiger charge is 2.17. The Morgan fingerprint density at radius 3 is 2.75 bits per heavy atom. The van der Waals surface area contributed by atoms with E-state index in [1.807, 2.05) is 0 Å². The van der Waals surface area contributed by atoms with Crippen molar-refractivity contribution in [2.45, 2.75) is 13.0 Å². The summed E-state index contributed by atoms with van der Waals surface area (Å²) in [5.41, 5.74) is 1.80. The van der Waals surface area contributed by atoms with Crippen LogP contribution in [0.1, 0.15) is 23.1 Å². The quantitative estimate of drug-likeness (QED) is 0.604. The highest BCUT2D eigenvalue weighted by Crippen LogP contribution is 2.17. The molecule has 1 aliphatic rings. The lowest BCUT2D eigenvalue weighted by molar-refractivity contribution is 0.613. The summed E-state index contributed by atoms with van der Waals surface area (Å²) in [7, 11) is 0. The Balaban J connectivity index is 1.68. The van der Waals surface area contributed by atoms with Crippen molar-refractivity contribution in [1.82, 2.24) is 24.8 Å². The van der Waals surface area contributed by atoms with Gasteiger partial charge in [-0.15, -0.1) is 0 Å². The predicted octanol–water partition coefficient (Wildman–Crippen LogP) is 0.933. The van der Waals surface area contributed by atoms with E-state index in [4.69, 9.17) is 0 Å². The molecule has 1 atom stereocenters. The lowest BCUT2D eigenvalue weighted by Crippen LogP contribution is -2.20. The van der Waals surface area contributed by atoms with Crippen LogP contribution in [-0.2, 0) is 6.54 Å². The van der Waals surface area contributed by atoms with Gasteiger partial charge < -0.3 is 15.6 Å². The van der Waals surface area contributed by atoms with Gasteiger partial charge in [-0.1, -0.05) is 6.07 Å². The molecule has 1 fully saturated rings. The fraction of sp³-hybridized carbons (Fsp3) is 0.316. The van der Waals surface area contributed by atoms with Gasteiger partial charge in [0.2, 0.25) is 5.95 Å². The van der Waals surface area contributed by atoms with Crippen molar-refractivity contribution in [3.63, 3.8) is 0 Å². The van der Waals surface area contributed by atoms with Gasteiger partial charge in [0.25, 0.3) is 0 Å². The fourth-order valence-electron chi connectivity index (χ4n) is 3.43. The summed E-state index contributed by atoms with van der Waals surface area (Å²) in [6.45, 7) is 2.81. The van der Waals surface area contributed by atoms with Crippen LogP contribution in [0.4, 0.5) is 5.95 Å². The molecule has 0 saturated carbocycles. The van der Waals surface area contributed by atoms with Gasteiger partial charge >= 0.3 is 5.69 Å². The van der Waals surface area contributed by atoms with Crippen LogP contribution in [-0.4, -0.2) is 39.2 Å². The molecule has 1 aromatic carbocycles. The number of aromatic amines is 1. The minimum Gasteiger partial charge on any atom is -0.354 e. The number of hydrogen-bond acceptors (Lipinski definition) is 7. The lowest BCUT2D eigenvalue weighted by atomic mass is 10.0. The molecule has 0 radical (unpaired) electrons. The van der Waals surface area contributed by atoms with Crippen molar-refractivity contribution >= 4 is 17.1 Å². The van der Waals surface area contributed by atoms with E-state index >= 15 is 0 Å². The topological polar surface area (TPSA) is 135 Å². The van der Waals surface area contributed by atoms with Crippen molar-refractivity contribution in [3.05, 3.63) is 51.6 Å². The molecular weight excluding hydrogens is 356 g/mol. The third kappa shape index (κ3) is 3.31. The van der Waals surface area contributed by atoms with E-state index in [1.54, 1.807) is 24.4 Å². The Hall–Kier alpha value is -3.69. The minimum absolute atomic E-state index is 0.0778. The second-order valence-corrected chi connectivity index (χ2v) is 6.74. The molecule has 3 N–H and O–H groups in total. The van der Waals surface area contributed by atoms with Crippen LogP contribution in [0.2, 0.25) is 0 Å². The van der Waals surface area contributed by atoms with Gasteiger partial charge in [0.15, 0.2) is 5.65 Å². The zero-order chi connectivity index (χ0) is 19.5. The maximum absolute atomic E-state index is 12.5. The number of hydrogen-bond donors (Lipinski definition) is 3. The first-order chi connectivity index (χ1) is 13.7. The number of benzene rings is 1. The standard InChI is InChI=1S/C19H18N8O/c20-6-13-2-1-3-14(7-21)15(13)11-27-17-16(25-19(27)28)10-24-18(26-17)23-9-12-4-5-22-8-12/h1-3,10,12,22H,4-5,8-9,11H2,(H,25,28)(H,23,24,26)/t12-/m0/s1. The van der Waals surface area contributed by atoms with E-state index in [0.717, 1.165) is 26.1 Å². The number of aromatic nitrogens is 4. The summed E-state index contributed by atoms with van der Waals surface area (Å²) in [4.78, 5) is 23.9. The van der Waals surface area contributed by atoms with E-state index < -0.39 is 0 Å². The molecule has 28 heavy (non-hydrogen) atoms. The average Bonchev–Trinajstić information content (AvgIpc) is 3.34. The van der Waals surface area contributed by atoms with Crippen molar-refractivity contribution in [2.24, 2.45) is 5.92 Å². The molecule has 1 saturated heterocycles. The zero-order valence-corrected chi connectivity index (χ0v) is 15.1. The lowest BCUT2D eigenvalue weighted by Gasteiger charge is -2.10. The number of anilines is 1. The van der Waals surface area contributed by atoms with Gasteiger partial charge in [-0.05, 0) is 37.6 Å². The summed E-state index contributed by atoms with van der Waals surface area (Å²) in [5, 5.41) is 25.3. The Kier molecular flexibility index (Phi) is 4.75. The SMILES string of the molecule is N#Cc1cccc(C#N)c1Cn1c(=O)[nH]c2cnc(NC[C@H]3CCNC3)nc21. The predicted molar refractivity (Wildman–Crippen MR) is 103 cm³/mol. The van der Waals surface area contributed by atoms with E-state index in [9.17, 15) is 15.3 Å². The number of rotatable bonds is 5. The van der Waals surface area contributed by atoms with E-state index in [0.29, 0.717) is 39.7 Å². The highest BCUT2D eigenvalue weighted by molar-refractivity contribution is 5.71. The fourth-order valence-corrected chi connectivity index (χ4v) is 3.43. The Morgan fingerprint density at radius 1 is 1.29 bits per heavy atom. The molecule has 9 heteroatoms. The van der Waals surface area contributed by atoms with Crippen molar-refractivity contribution in [3.8, 4) is 12.1 Å². The van der Waals surface area contributed by atoms with Crippen LogP contribution in [0.5, 0.6) is 0 Å². The third-order valence-electron chi connectivity index (χ3n) is 4.96. The molecule has 0 spiro atoms. The molecule has 4 rings (SSSR count). The summed E-state index contributed by atoms with van der Waals surface area (Å²) in [6.07, 6.45) is 2.67. The molecule has 0 unspecified atom stereocenters. The molecule has 3 heterocycles. The van der Waals surface area contributed by atoms with E-state index in [-0.39, 0.29) is 12.2 Å². The molecule has 0 amide bonds. The van der Waals surface area contributed by atoms with E-state index in [2.05, 4.69) is 37.7 Å². The van der Waals surface area contributed by atoms with Crippen LogP contribution in [0.3, 0.4) is 0 Å². The second-order valence-electron chi connectivity index (χ2n) is 6.74. The molecule has 3 aromatic rings. The van der Waals surface area contributed by atoms with Gasteiger partial charge in [0.05, 0.1) is 36.0 Å². The second kappa shape index (κ2) is 7.51. The molecule has 2 aromatic heterocycles. The molecule has 9 nitrogen and oxygen atoms in total. The molecule has 0 bridgehead atoms. The molecule has 0 aliphatic carbocycles. The smallest absolute Gasteiger partial charge is 0.328 e. The summed E-state index contributed by atoms with van der Waals surface area (Å²) >= 11 is 0. The highest BCUT2D eigenvalue weighted by atomic mass is 16.1. The van der Waals surface area contributed by atoms with Gasteiger partial charge in [0, 0.05) is 12.1 Å². The number of fused-ring (bicyclic) bond motifs is 1. The third-order valence-corrected chi connectivity index (χ3v) is 4.96. The van der Waals surface area contributed by atoms with Crippen LogP contribution in [0.15, 0.2) is 29.2 Å². The van der Waals surface area contributed by atoms with Gasteiger partial charge in [-0.25, -0.2) is 9.78 Å². The van der Waals surface area contributed by atoms with Crippen LogP contribution in [0.25, 0.3) is 11.2 Å². The summed E-state index contributed by atoms with van der Waals surface area (Å²) in [6, 6.07) is 9.09. The Labute approximate surface area is 160 Å². The first-order valence-corrected chi connectivity index (χ1v) is 9.02. The molecule has 1 aliphatic heterocycles. The number of H-pyrrole nitrogens is 1. The molecular formula is C19H18N8O. The number of nitriles is 2. The van der Waals surface area contributed by atoms with Crippen LogP contribution in [0, 0.1) is 28.6 Å². The summed E-state index contributed by atoms with van der Waals surface area (Å²) < 4.78 is 1.43. The number of nitrogens with one attached hydrogen (secondary N) is 3. The summed E-state index contributed by atoms with van der Waals surface area (Å²) in [5.74, 6) is 0.967. The first-order valence-electron chi connectivity index (χ1n) is 9.02. The van der Waals surface area contributed by atoms with Gasteiger partial charge in [-0.3, -0.25) is 4.57 Å². The maximum Gasteiger partial charge on any atom is 0.328 e. The average molecular weight is 374 g/mol.